The van der Waals surface area contributed by atoms with Gasteiger partial charge in [0.25, 0.3) is 23.6 Å². The number of nitrogens with one attached hydrogen (secondary N) is 2. The van der Waals surface area contributed by atoms with E-state index in [4.69, 9.17) is 33.8 Å². The number of anilines is 1. The zero-order valence-electron chi connectivity index (χ0n) is 35.4. The highest BCUT2D eigenvalue weighted by atomic mass is 35.5. The minimum Gasteiger partial charge on any atom is -0.543 e. The Morgan fingerprint density at radius 1 is 1.02 bits per heavy atom. The molecule has 0 unspecified atom stereocenters. The van der Waals surface area contributed by atoms with Crippen LogP contribution in [0.2, 0.25) is 10.0 Å². The lowest BCUT2D eigenvalue weighted by Crippen LogP contribution is -2.72. The summed E-state index contributed by atoms with van der Waals surface area (Å²) in [6, 6.07) is 3.58. The van der Waals surface area contributed by atoms with Crippen molar-refractivity contribution >= 4 is 92.7 Å². The van der Waals surface area contributed by atoms with E-state index in [1.165, 1.54) is 48.0 Å². The molecule has 2 aromatic carbocycles. The van der Waals surface area contributed by atoms with E-state index in [9.17, 15) is 59.4 Å². The number of thioether (sulfide) groups is 1. The first-order valence-electron chi connectivity index (χ1n) is 20.4. The number of fused-ring (bicyclic) bond motifs is 1. The molecule has 2 atom stereocenters. The van der Waals surface area contributed by atoms with Crippen molar-refractivity contribution in [2.24, 2.45) is 5.16 Å². The number of carboxylic acid groups (broad SMARTS) is 2. The van der Waals surface area contributed by atoms with Crippen LogP contribution in [0.5, 0.6) is 23.0 Å². The Hall–Kier alpha value is -6.01. The van der Waals surface area contributed by atoms with Gasteiger partial charge in [0.05, 0.1) is 52.5 Å². The first-order chi connectivity index (χ1) is 31.2. The Morgan fingerprint density at radius 2 is 1.64 bits per heavy atom. The van der Waals surface area contributed by atoms with E-state index in [-0.39, 0.29) is 76.0 Å². The molecule has 0 saturated carbocycles. The van der Waals surface area contributed by atoms with Crippen LogP contribution in [0.4, 0.5) is 5.13 Å². The van der Waals surface area contributed by atoms with Gasteiger partial charge in [0.1, 0.15) is 23.7 Å². The lowest BCUT2D eigenvalue weighted by Gasteiger charge is -2.51. The van der Waals surface area contributed by atoms with Crippen molar-refractivity contribution in [1.82, 2.24) is 25.4 Å². The number of phenols is 4. The number of nitrogens with two attached hydrogens (primary N) is 1. The molecule has 1 aromatic heterocycles. The molecule has 2 fully saturated rings. The third-order valence-electron chi connectivity index (χ3n) is 11.3. The van der Waals surface area contributed by atoms with Crippen molar-refractivity contribution in [3.8, 4) is 23.0 Å². The van der Waals surface area contributed by atoms with E-state index >= 15 is 0 Å². The quantitative estimate of drug-likeness (QED) is 0.0212. The maximum atomic E-state index is 13.9. The largest absolute Gasteiger partial charge is 0.543 e. The highest BCUT2D eigenvalue weighted by Crippen LogP contribution is 2.42. The summed E-state index contributed by atoms with van der Waals surface area (Å²) < 4.78 is 0.432. The number of carbonyl (C=O) groups is 6. The summed E-state index contributed by atoms with van der Waals surface area (Å²) in [6.45, 7) is 4.81. The van der Waals surface area contributed by atoms with Crippen LogP contribution in [-0.4, -0.2) is 155 Å². The topological polar surface area (TPSA) is 318 Å². The fourth-order valence-electron chi connectivity index (χ4n) is 7.77. The summed E-state index contributed by atoms with van der Waals surface area (Å²) in [5.74, 6) is -7.95. The fourth-order valence-corrected chi connectivity index (χ4v) is 10.1. The molecule has 9 N–H and O–H groups in total. The van der Waals surface area contributed by atoms with Crippen molar-refractivity contribution in [2.45, 2.75) is 56.5 Å². The maximum Gasteiger partial charge on any atom is 0.350 e. The van der Waals surface area contributed by atoms with Crippen molar-refractivity contribution in [2.75, 3.05) is 57.3 Å². The lowest BCUT2D eigenvalue weighted by molar-refractivity contribution is -0.912. The summed E-state index contributed by atoms with van der Waals surface area (Å²) in [4.78, 5) is 90.2. The van der Waals surface area contributed by atoms with Gasteiger partial charge in [-0.05, 0) is 44.5 Å². The Bertz CT molecular complexity index is 2510. The molecule has 66 heavy (non-hydrogen) atoms. The van der Waals surface area contributed by atoms with Crippen LogP contribution >= 0.6 is 46.3 Å². The van der Waals surface area contributed by atoms with E-state index in [0.29, 0.717) is 36.1 Å². The fraction of sp³-hybridized carbons (Fsp3) is 0.415. The van der Waals surface area contributed by atoms with Crippen LogP contribution < -0.4 is 21.5 Å². The maximum absolute atomic E-state index is 13.9. The standard InChI is InChI=1S/C41H46Cl2N8O13S2/c1-41(2,39(62)63)64-48-28(23-19-66-40(44)46-23)34(57)47-29-36(59)50-30(38(60)61)20(18-65-37(29)50)17-51(14-3-4-15-51)16-6-13-49(35(58)22-8-10-25(53)32(55)27(22)43)12-5-11-45-33(56)21-7-9-24(52)31(54)26(21)42/h7-10,19,29,37H,3-6,11-18H2,1-2H3,(H9-,44,45,46,47,48,52,53,54,55,56,57,58,60,61,62,63)/t29-,37-/m1/s1. The number of halogens is 2. The molecular formula is C41H46Cl2N8O13S2. The second kappa shape index (κ2) is 20.2. The van der Waals surface area contributed by atoms with Gasteiger partial charge in [-0.2, -0.15) is 0 Å². The van der Waals surface area contributed by atoms with Crippen LogP contribution in [-0.2, 0) is 24.0 Å². The number of quaternary nitrogens is 1. The number of β-lactam (4-membered cyclic amide) rings is 1. The molecule has 354 valence electrons. The highest BCUT2D eigenvalue weighted by Gasteiger charge is 2.54. The Labute approximate surface area is 395 Å². The predicted octanol–water partition coefficient (Wildman–Crippen LogP) is 1.81. The van der Waals surface area contributed by atoms with Crippen molar-refractivity contribution in [1.29, 1.82) is 0 Å². The van der Waals surface area contributed by atoms with E-state index in [1.54, 1.807) is 0 Å². The number of likely N-dealkylation sites (tertiary alicyclic amines) is 1. The number of phenolic OH excluding ortho intramolecular Hbond substituents is 4. The zero-order chi connectivity index (χ0) is 48.2. The minimum atomic E-state index is -1.83. The van der Waals surface area contributed by atoms with Crippen LogP contribution in [0.25, 0.3) is 0 Å². The monoisotopic (exact) mass is 992 g/mol. The zero-order valence-corrected chi connectivity index (χ0v) is 38.6. The molecule has 0 radical (unpaired) electrons. The molecule has 0 aliphatic carbocycles. The third-order valence-corrected chi connectivity index (χ3v) is 14.1. The minimum absolute atomic E-state index is 0.0342. The lowest BCUT2D eigenvalue weighted by atomic mass is 10.0. The number of nitrogens with zero attached hydrogens (tertiary/aromatic N) is 5. The number of aromatic nitrogens is 1. The molecule has 21 nitrogen and oxygen atoms in total. The highest BCUT2D eigenvalue weighted by molar-refractivity contribution is 8.00. The van der Waals surface area contributed by atoms with Gasteiger partial charge in [0.2, 0.25) is 5.60 Å². The van der Waals surface area contributed by atoms with Gasteiger partial charge < -0.3 is 66.0 Å². The number of benzene rings is 2. The molecule has 3 aromatic rings. The van der Waals surface area contributed by atoms with E-state index in [0.717, 1.165) is 41.2 Å². The van der Waals surface area contributed by atoms with E-state index < -0.39 is 81.3 Å². The molecule has 4 amide bonds. The molecule has 2 saturated heterocycles. The Balaban J connectivity index is 1.15. The number of carboxylic acids is 2. The van der Waals surface area contributed by atoms with Crippen molar-refractivity contribution in [3.63, 3.8) is 0 Å². The number of hydrogen-bond donors (Lipinski definition) is 8. The average Bonchev–Trinajstić information content (AvgIpc) is 3.92. The van der Waals surface area contributed by atoms with E-state index in [2.05, 4.69) is 20.8 Å². The summed E-state index contributed by atoms with van der Waals surface area (Å²) in [5.41, 5.74) is 3.44. The van der Waals surface area contributed by atoms with Gasteiger partial charge in [0, 0.05) is 55.6 Å². The normalized spacial score (nSPS) is 18.0. The number of nitrogen functional groups attached to an aromatic ring is 1. The average molecular weight is 994 g/mol. The SMILES string of the molecule is CC(C)(O/N=C(\C(=O)N[C@@H]1C(=O)N2C(C(=O)[O-])=C(C[N+]3(CCCN(CCCNC(=O)c4ccc(O)c(O)c4Cl)C(=O)c4ccc(O)c(O)c4Cl)CCCC3)CS[C@H]12)c1csc(N)n1)C(=O)O. The summed E-state index contributed by atoms with van der Waals surface area (Å²) in [6.07, 6.45) is 2.30. The number of aromatic hydroxyl groups is 4. The van der Waals surface area contributed by atoms with Crippen LogP contribution in [0.1, 0.15) is 65.9 Å². The van der Waals surface area contributed by atoms with Gasteiger partial charge in [-0.15, -0.1) is 23.1 Å². The summed E-state index contributed by atoms with van der Waals surface area (Å²) in [7, 11) is 0. The van der Waals surface area contributed by atoms with Crippen LogP contribution in [0.3, 0.4) is 0 Å². The van der Waals surface area contributed by atoms with Gasteiger partial charge in [-0.25, -0.2) is 9.78 Å². The molecular weight excluding hydrogens is 948 g/mol. The Kier molecular flexibility index (Phi) is 15.2. The summed E-state index contributed by atoms with van der Waals surface area (Å²) in [5, 5.41) is 71.1. The summed E-state index contributed by atoms with van der Waals surface area (Å²) >= 11 is 14.6. The molecule has 3 aliphatic rings. The predicted molar refractivity (Wildman–Crippen MR) is 239 cm³/mol. The second-order valence-electron chi connectivity index (χ2n) is 16.2. The Morgan fingerprint density at radius 3 is 2.24 bits per heavy atom. The number of hydrogen-bond acceptors (Lipinski definition) is 17. The molecule has 6 rings (SSSR count). The number of aliphatic carboxylic acids is 2. The first kappa shape index (κ1) is 49.4. The first-order valence-corrected chi connectivity index (χ1v) is 23.1. The number of carbonyl (C=O) groups excluding carboxylic acids is 5. The molecule has 3 aliphatic heterocycles. The van der Waals surface area contributed by atoms with Gasteiger partial charge in [-0.1, -0.05) is 28.4 Å². The second-order valence-corrected chi connectivity index (χ2v) is 19.0. The smallest absolute Gasteiger partial charge is 0.350 e. The number of thiazole rings is 1. The molecule has 4 heterocycles. The van der Waals surface area contributed by atoms with Gasteiger partial charge >= 0.3 is 5.97 Å². The molecule has 0 bridgehead atoms. The van der Waals surface area contributed by atoms with Gasteiger partial charge in [-0.3, -0.25) is 24.1 Å². The van der Waals surface area contributed by atoms with Crippen LogP contribution in [0.15, 0.2) is 46.1 Å². The van der Waals surface area contributed by atoms with Crippen LogP contribution in [0, 0.1) is 0 Å². The van der Waals surface area contributed by atoms with Crippen molar-refractivity contribution < 1.29 is 68.7 Å². The number of rotatable bonds is 19. The van der Waals surface area contributed by atoms with E-state index in [1.807, 2.05) is 0 Å². The van der Waals surface area contributed by atoms with Crippen molar-refractivity contribution in [3.05, 3.63) is 67.8 Å². The number of amides is 4. The molecule has 25 heteroatoms. The number of oxime groups is 1. The van der Waals surface area contributed by atoms with Gasteiger partial charge in [0.15, 0.2) is 33.8 Å². The third kappa shape index (κ3) is 10.5. The molecule has 0 spiro atoms.